The first kappa shape index (κ1) is 18.1. The van der Waals surface area contributed by atoms with Crippen molar-refractivity contribution < 1.29 is 0 Å². The number of imidazole rings is 1. The van der Waals surface area contributed by atoms with Gasteiger partial charge < -0.3 is 4.57 Å². The van der Waals surface area contributed by atoms with E-state index in [2.05, 4.69) is 10.6 Å². The Labute approximate surface area is 172 Å². The molecule has 5 heteroatoms. The van der Waals surface area contributed by atoms with Gasteiger partial charge in [-0.1, -0.05) is 71.2 Å². The van der Waals surface area contributed by atoms with E-state index in [9.17, 15) is 0 Å². The number of aromatic nitrogens is 2. The first-order valence-corrected chi connectivity index (χ1v) is 9.57. The Hall–Kier alpha value is -2.26. The minimum absolute atomic E-state index is 0.604. The van der Waals surface area contributed by atoms with Gasteiger partial charge in [-0.2, -0.15) is 0 Å². The van der Waals surface area contributed by atoms with Crippen molar-refractivity contribution in [2.24, 2.45) is 0 Å². The molecule has 0 spiro atoms. The van der Waals surface area contributed by atoms with E-state index in [-0.39, 0.29) is 0 Å². The summed E-state index contributed by atoms with van der Waals surface area (Å²) in [6.45, 7) is 0.621. The zero-order valence-corrected chi connectivity index (χ0v) is 16.5. The molecule has 0 radical (unpaired) electrons. The topological polar surface area (TPSA) is 17.8 Å². The molecule has 0 saturated carbocycles. The van der Waals surface area contributed by atoms with Crippen molar-refractivity contribution in [2.45, 2.75) is 6.54 Å². The molecular weight excluding hydrogens is 399 g/mol. The third-order valence-corrected chi connectivity index (χ3v) is 5.40. The van der Waals surface area contributed by atoms with Crippen molar-refractivity contribution >= 4 is 58.0 Å². The van der Waals surface area contributed by atoms with Crippen LogP contribution in [0.15, 0.2) is 66.7 Å². The number of fused-ring (bicyclic) bond motifs is 1. The Bertz CT molecular complexity index is 1130. The van der Waals surface area contributed by atoms with Crippen molar-refractivity contribution in [3.8, 4) is 0 Å². The summed E-state index contributed by atoms with van der Waals surface area (Å²) < 4.78 is 2.14. The van der Waals surface area contributed by atoms with Gasteiger partial charge in [-0.25, -0.2) is 4.98 Å². The van der Waals surface area contributed by atoms with Crippen LogP contribution in [0.4, 0.5) is 0 Å². The van der Waals surface area contributed by atoms with E-state index in [1.54, 1.807) is 0 Å². The van der Waals surface area contributed by atoms with E-state index in [0.29, 0.717) is 16.6 Å². The molecule has 3 aromatic carbocycles. The molecular formula is C22H15Cl3N2. The Morgan fingerprint density at radius 3 is 2.19 bits per heavy atom. The van der Waals surface area contributed by atoms with Gasteiger partial charge in [0.1, 0.15) is 5.82 Å². The zero-order chi connectivity index (χ0) is 18.8. The SMILES string of the molecule is Clc1ccccc1Cn1c(/C=C/c2c(Cl)cccc2Cl)nc2ccccc21. The van der Waals surface area contributed by atoms with E-state index in [1.165, 1.54) is 0 Å². The lowest BCUT2D eigenvalue weighted by Crippen LogP contribution is -2.02. The number of nitrogens with zero attached hydrogens (tertiary/aromatic N) is 2. The summed E-state index contributed by atoms with van der Waals surface area (Å²) in [5.74, 6) is 0.812. The standard InChI is InChI=1S/C22H15Cl3N2/c23-17-7-2-1-6-15(17)14-27-21-11-4-3-10-20(21)26-22(27)13-12-16-18(24)8-5-9-19(16)25/h1-13H,14H2/b13-12+. The zero-order valence-electron chi connectivity index (χ0n) is 14.2. The quantitative estimate of drug-likeness (QED) is 0.345. The highest BCUT2D eigenvalue weighted by Crippen LogP contribution is 2.27. The lowest BCUT2D eigenvalue weighted by Gasteiger charge is -2.09. The molecule has 0 aliphatic heterocycles. The van der Waals surface area contributed by atoms with Crippen molar-refractivity contribution in [1.29, 1.82) is 0 Å². The first-order valence-electron chi connectivity index (χ1n) is 8.44. The minimum atomic E-state index is 0.604. The average molecular weight is 414 g/mol. The molecule has 0 amide bonds. The molecule has 0 saturated heterocycles. The Morgan fingerprint density at radius 1 is 0.741 bits per heavy atom. The van der Waals surface area contributed by atoms with E-state index in [4.69, 9.17) is 39.8 Å². The van der Waals surface area contributed by atoms with E-state index in [1.807, 2.05) is 72.8 Å². The van der Waals surface area contributed by atoms with Crippen molar-refractivity contribution in [3.63, 3.8) is 0 Å². The molecule has 0 fully saturated rings. The molecule has 2 nitrogen and oxygen atoms in total. The third kappa shape index (κ3) is 3.74. The second-order valence-corrected chi connectivity index (χ2v) is 7.33. The van der Waals surface area contributed by atoms with Crippen LogP contribution in [0, 0.1) is 0 Å². The Kier molecular flexibility index (Phi) is 5.22. The van der Waals surface area contributed by atoms with Crippen LogP contribution in [0.25, 0.3) is 23.2 Å². The van der Waals surface area contributed by atoms with Crippen LogP contribution in [-0.4, -0.2) is 9.55 Å². The van der Waals surface area contributed by atoms with Crippen LogP contribution < -0.4 is 0 Å². The predicted octanol–water partition coefficient (Wildman–Crippen LogP) is 7.22. The fraction of sp³-hybridized carbons (Fsp3) is 0.0455. The van der Waals surface area contributed by atoms with Crippen LogP contribution in [0.3, 0.4) is 0 Å². The summed E-state index contributed by atoms with van der Waals surface area (Å²) in [5.41, 5.74) is 3.78. The van der Waals surface area contributed by atoms with Gasteiger partial charge in [0.05, 0.1) is 17.6 Å². The van der Waals surface area contributed by atoms with Crippen molar-refractivity contribution in [2.75, 3.05) is 0 Å². The summed E-state index contributed by atoms with van der Waals surface area (Å²) in [5, 5.41) is 1.94. The molecule has 0 N–H and O–H groups in total. The fourth-order valence-corrected chi connectivity index (χ4v) is 3.73. The number of hydrogen-bond acceptors (Lipinski definition) is 1. The summed E-state index contributed by atoms with van der Waals surface area (Å²) in [4.78, 5) is 4.76. The summed E-state index contributed by atoms with van der Waals surface area (Å²) >= 11 is 18.9. The molecule has 1 aromatic heterocycles. The van der Waals surface area contributed by atoms with Crippen LogP contribution in [-0.2, 0) is 6.54 Å². The van der Waals surface area contributed by atoms with Crippen LogP contribution in [0.1, 0.15) is 17.0 Å². The largest absolute Gasteiger partial charge is 0.320 e. The number of halogens is 3. The van der Waals surface area contributed by atoms with Crippen molar-refractivity contribution in [1.82, 2.24) is 9.55 Å². The van der Waals surface area contributed by atoms with Gasteiger partial charge in [-0.3, -0.25) is 0 Å². The third-order valence-electron chi connectivity index (χ3n) is 4.37. The fourth-order valence-electron chi connectivity index (χ4n) is 3.01. The summed E-state index contributed by atoms with van der Waals surface area (Å²) in [7, 11) is 0. The maximum atomic E-state index is 6.37. The minimum Gasteiger partial charge on any atom is -0.320 e. The average Bonchev–Trinajstić information content (AvgIpc) is 3.01. The van der Waals surface area contributed by atoms with E-state index in [0.717, 1.165) is 33.0 Å². The van der Waals surface area contributed by atoms with Gasteiger partial charge in [0.2, 0.25) is 0 Å². The second-order valence-electron chi connectivity index (χ2n) is 6.10. The molecule has 1 heterocycles. The van der Waals surface area contributed by atoms with Gasteiger partial charge in [0.25, 0.3) is 0 Å². The van der Waals surface area contributed by atoms with Gasteiger partial charge in [-0.15, -0.1) is 0 Å². The van der Waals surface area contributed by atoms with Crippen LogP contribution >= 0.6 is 34.8 Å². The number of para-hydroxylation sites is 2. The Balaban J connectivity index is 1.81. The molecule has 0 aliphatic rings. The molecule has 4 rings (SSSR count). The number of rotatable bonds is 4. The Morgan fingerprint density at radius 2 is 1.41 bits per heavy atom. The first-order chi connectivity index (χ1) is 13.1. The highest BCUT2D eigenvalue weighted by molar-refractivity contribution is 6.37. The summed E-state index contributed by atoms with van der Waals surface area (Å²) in [6.07, 6.45) is 3.83. The molecule has 4 aromatic rings. The molecule has 0 aliphatic carbocycles. The second kappa shape index (κ2) is 7.77. The molecule has 0 unspecified atom stereocenters. The van der Waals surface area contributed by atoms with Gasteiger partial charge in [0, 0.05) is 20.6 Å². The lowest BCUT2D eigenvalue weighted by molar-refractivity contribution is 0.814. The summed E-state index contributed by atoms with van der Waals surface area (Å²) in [6, 6.07) is 21.3. The monoisotopic (exact) mass is 412 g/mol. The smallest absolute Gasteiger partial charge is 0.134 e. The maximum absolute atomic E-state index is 6.37. The molecule has 134 valence electrons. The lowest BCUT2D eigenvalue weighted by atomic mass is 10.2. The predicted molar refractivity (Wildman–Crippen MR) is 116 cm³/mol. The van der Waals surface area contributed by atoms with E-state index >= 15 is 0 Å². The molecule has 0 atom stereocenters. The van der Waals surface area contributed by atoms with Gasteiger partial charge in [-0.05, 0) is 48.0 Å². The van der Waals surface area contributed by atoms with Crippen molar-refractivity contribution in [3.05, 3.63) is 98.7 Å². The highest BCUT2D eigenvalue weighted by atomic mass is 35.5. The maximum Gasteiger partial charge on any atom is 0.134 e. The highest BCUT2D eigenvalue weighted by Gasteiger charge is 2.11. The van der Waals surface area contributed by atoms with Crippen LogP contribution in [0.2, 0.25) is 15.1 Å². The van der Waals surface area contributed by atoms with Gasteiger partial charge in [0.15, 0.2) is 0 Å². The van der Waals surface area contributed by atoms with Crippen LogP contribution in [0.5, 0.6) is 0 Å². The number of benzene rings is 3. The molecule has 0 bridgehead atoms. The van der Waals surface area contributed by atoms with E-state index < -0.39 is 0 Å². The normalized spacial score (nSPS) is 11.5. The molecule has 27 heavy (non-hydrogen) atoms. The van der Waals surface area contributed by atoms with Gasteiger partial charge >= 0.3 is 0 Å². The number of hydrogen-bond donors (Lipinski definition) is 0.